The van der Waals surface area contributed by atoms with Crippen molar-refractivity contribution < 1.29 is 4.79 Å². The van der Waals surface area contributed by atoms with Crippen LogP contribution in [0.15, 0.2) is 42.5 Å². The van der Waals surface area contributed by atoms with Gasteiger partial charge < -0.3 is 14.7 Å². The third kappa shape index (κ3) is 3.87. The number of anilines is 2. The van der Waals surface area contributed by atoms with Crippen molar-refractivity contribution in [3.05, 3.63) is 59.2 Å². The molecule has 28 heavy (non-hydrogen) atoms. The molecule has 2 heterocycles. The molecule has 0 radical (unpaired) electrons. The molecule has 148 valence electrons. The van der Waals surface area contributed by atoms with Gasteiger partial charge in [-0.25, -0.2) is 0 Å². The molecule has 4 nitrogen and oxygen atoms in total. The third-order valence-corrected chi connectivity index (χ3v) is 6.32. The second-order valence-corrected chi connectivity index (χ2v) is 8.09. The smallest absolute Gasteiger partial charge is 0.253 e. The number of piperazine rings is 1. The second kappa shape index (κ2) is 8.26. The first-order valence-electron chi connectivity index (χ1n) is 10.6. The van der Waals surface area contributed by atoms with Gasteiger partial charge in [-0.3, -0.25) is 4.79 Å². The molecule has 0 saturated carbocycles. The molecule has 2 aliphatic heterocycles. The molecule has 0 aliphatic carbocycles. The summed E-state index contributed by atoms with van der Waals surface area (Å²) in [7, 11) is 0. The maximum absolute atomic E-state index is 12.9. The topological polar surface area (TPSA) is 26.8 Å². The van der Waals surface area contributed by atoms with E-state index < -0.39 is 0 Å². The largest absolute Gasteiger partial charge is 0.372 e. The van der Waals surface area contributed by atoms with Gasteiger partial charge in [-0.1, -0.05) is 12.1 Å². The Balaban J connectivity index is 1.38. The van der Waals surface area contributed by atoms with Gasteiger partial charge in [0.05, 0.1) is 0 Å². The van der Waals surface area contributed by atoms with E-state index in [4.69, 9.17) is 0 Å². The quantitative estimate of drug-likeness (QED) is 0.800. The van der Waals surface area contributed by atoms with Gasteiger partial charge in [-0.15, -0.1) is 0 Å². The van der Waals surface area contributed by atoms with E-state index in [0.717, 1.165) is 44.8 Å². The van der Waals surface area contributed by atoms with Crippen molar-refractivity contribution in [3.8, 4) is 0 Å². The fraction of sp³-hybridized carbons (Fsp3) is 0.458. The predicted octanol–water partition coefficient (Wildman–Crippen LogP) is 4.26. The summed E-state index contributed by atoms with van der Waals surface area (Å²) in [4.78, 5) is 19.8. The number of hydrogen-bond donors (Lipinski definition) is 0. The molecule has 4 heteroatoms. The lowest BCUT2D eigenvalue weighted by Gasteiger charge is -2.37. The van der Waals surface area contributed by atoms with E-state index in [0.29, 0.717) is 0 Å². The number of carbonyl (C=O) groups is 1. The van der Waals surface area contributed by atoms with Crippen LogP contribution in [0.3, 0.4) is 0 Å². The average Bonchev–Trinajstić information content (AvgIpc) is 2.76. The zero-order valence-corrected chi connectivity index (χ0v) is 17.2. The van der Waals surface area contributed by atoms with Crippen LogP contribution in [0.4, 0.5) is 11.4 Å². The lowest BCUT2D eigenvalue weighted by molar-refractivity contribution is 0.0747. The zero-order chi connectivity index (χ0) is 19.5. The van der Waals surface area contributed by atoms with Gasteiger partial charge in [0.2, 0.25) is 0 Å². The van der Waals surface area contributed by atoms with E-state index in [9.17, 15) is 4.79 Å². The number of aryl methyl sites for hydroxylation is 1. The molecule has 2 aliphatic rings. The van der Waals surface area contributed by atoms with E-state index in [-0.39, 0.29) is 5.91 Å². The Hall–Kier alpha value is -2.49. The first-order valence-corrected chi connectivity index (χ1v) is 10.6. The molecule has 0 unspecified atom stereocenters. The molecule has 2 fully saturated rings. The highest BCUT2D eigenvalue weighted by atomic mass is 16.2. The van der Waals surface area contributed by atoms with Crippen LogP contribution in [0.5, 0.6) is 0 Å². The third-order valence-electron chi connectivity index (χ3n) is 6.32. The molecule has 2 aromatic carbocycles. The lowest BCUT2D eigenvalue weighted by Crippen LogP contribution is -2.49. The molecule has 0 spiro atoms. The summed E-state index contributed by atoms with van der Waals surface area (Å²) >= 11 is 0. The van der Waals surface area contributed by atoms with Gasteiger partial charge >= 0.3 is 0 Å². The molecule has 0 atom stereocenters. The summed E-state index contributed by atoms with van der Waals surface area (Å²) in [5, 5.41) is 0. The molecule has 0 N–H and O–H groups in total. The second-order valence-electron chi connectivity index (χ2n) is 8.09. The highest BCUT2D eigenvalue weighted by molar-refractivity contribution is 5.94. The summed E-state index contributed by atoms with van der Waals surface area (Å²) in [5.74, 6) is 0.158. The van der Waals surface area contributed by atoms with Crippen molar-refractivity contribution in [3.63, 3.8) is 0 Å². The monoisotopic (exact) mass is 377 g/mol. The molecule has 1 amide bonds. The van der Waals surface area contributed by atoms with Crippen molar-refractivity contribution in [2.75, 3.05) is 49.1 Å². The Bertz CT molecular complexity index is 816. The maximum atomic E-state index is 12.9. The van der Waals surface area contributed by atoms with Crippen LogP contribution in [0.1, 0.15) is 40.7 Å². The van der Waals surface area contributed by atoms with Crippen molar-refractivity contribution in [2.45, 2.75) is 33.1 Å². The summed E-state index contributed by atoms with van der Waals surface area (Å²) in [6.45, 7) is 9.95. The maximum Gasteiger partial charge on any atom is 0.253 e. The summed E-state index contributed by atoms with van der Waals surface area (Å²) in [6, 6.07) is 14.7. The van der Waals surface area contributed by atoms with Gasteiger partial charge in [-0.05, 0) is 74.6 Å². The number of nitrogens with zero attached hydrogens (tertiary/aromatic N) is 3. The predicted molar refractivity (Wildman–Crippen MR) is 117 cm³/mol. The number of benzene rings is 2. The van der Waals surface area contributed by atoms with Crippen LogP contribution in [-0.4, -0.2) is 50.1 Å². The van der Waals surface area contributed by atoms with E-state index in [1.165, 1.54) is 41.8 Å². The van der Waals surface area contributed by atoms with Crippen LogP contribution in [0, 0.1) is 13.8 Å². The standard InChI is InChI=1S/C24H31N3O/c1-19-7-6-8-23(20(19)2)26-15-17-27(18-16-26)24(28)21-9-11-22(12-10-21)25-13-4-3-5-14-25/h6-12H,3-5,13-18H2,1-2H3. The van der Waals surface area contributed by atoms with Gasteiger partial charge in [0.1, 0.15) is 0 Å². The van der Waals surface area contributed by atoms with Crippen LogP contribution in [0.25, 0.3) is 0 Å². The SMILES string of the molecule is Cc1cccc(N2CCN(C(=O)c3ccc(N4CCCCC4)cc3)CC2)c1C. The minimum atomic E-state index is 0.158. The number of carbonyl (C=O) groups excluding carboxylic acids is 1. The minimum absolute atomic E-state index is 0.158. The number of hydrogen-bond acceptors (Lipinski definition) is 3. The average molecular weight is 378 g/mol. The summed E-state index contributed by atoms with van der Waals surface area (Å²) < 4.78 is 0. The molecule has 4 rings (SSSR count). The van der Waals surface area contributed by atoms with Crippen molar-refractivity contribution in [1.29, 1.82) is 0 Å². The van der Waals surface area contributed by atoms with E-state index in [2.05, 4.69) is 54.0 Å². The Morgan fingerprint density at radius 2 is 1.43 bits per heavy atom. The Labute approximate surface area is 168 Å². The molecule has 2 saturated heterocycles. The summed E-state index contributed by atoms with van der Waals surface area (Å²) in [5.41, 5.74) is 6.02. The van der Waals surface area contributed by atoms with E-state index in [1.54, 1.807) is 0 Å². The first kappa shape index (κ1) is 18.9. The van der Waals surface area contributed by atoms with Crippen LogP contribution in [0.2, 0.25) is 0 Å². The van der Waals surface area contributed by atoms with Gasteiger partial charge in [0, 0.05) is 56.2 Å². The van der Waals surface area contributed by atoms with E-state index in [1.807, 2.05) is 17.0 Å². The fourth-order valence-corrected chi connectivity index (χ4v) is 4.38. The van der Waals surface area contributed by atoms with Crippen molar-refractivity contribution in [2.24, 2.45) is 0 Å². The van der Waals surface area contributed by atoms with Crippen LogP contribution >= 0.6 is 0 Å². The fourth-order valence-electron chi connectivity index (χ4n) is 4.38. The molecule has 2 aromatic rings. The Morgan fingerprint density at radius 1 is 0.750 bits per heavy atom. The highest BCUT2D eigenvalue weighted by Crippen LogP contribution is 2.25. The Morgan fingerprint density at radius 3 is 2.11 bits per heavy atom. The summed E-state index contributed by atoms with van der Waals surface area (Å²) in [6.07, 6.45) is 3.87. The molecular weight excluding hydrogens is 346 g/mol. The molecule has 0 bridgehead atoms. The molecule has 0 aromatic heterocycles. The Kier molecular flexibility index (Phi) is 5.56. The lowest BCUT2D eigenvalue weighted by atomic mass is 10.1. The van der Waals surface area contributed by atoms with Gasteiger partial charge in [-0.2, -0.15) is 0 Å². The number of amides is 1. The zero-order valence-electron chi connectivity index (χ0n) is 17.2. The number of rotatable bonds is 3. The molecular formula is C24H31N3O. The van der Waals surface area contributed by atoms with Gasteiger partial charge in [0.25, 0.3) is 5.91 Å². The van der Waals surface area contributed by atoms with E-state index >= 15 is 0 Å². The minimum Gasteiger partial charge on any atom is -0.372 e. The van der Waals surface area contributed by atoms with Crippen molar-refractivity contribution >= 4 is 17.3 Å². The van der Waals surface area contributed by atoms with Gasteiger partial charge in [0.15, 0.2) is 0 Å². The van der Waals surface area contributed by atoms with Crippen molar-refractivity contribution in [1.82, 2.24) is 4.90 Å². The van der Waals surface area contributed by atoms with Crippen LogP contribution in [-0.2, 0) is 0 Å². The first-order chi connectivity index (χ1) is 13.6. The normalized spacial score (nSPS) is 17.7. The van der Waals surface area contributed by atoms with Crippen LogP contribution < -0.4 is 9.80 Å². The highest BCUT2D eigenvalue weighted by Gasteiger charge is 2.23. The number of piperidine rings is 1.